The van der Waals surface area contributed by atoms with Crippen LogP contribution >= 0.6 is 0 Å². The number of carbonyl (C=O) groups excluding carboxylic acids is 2. The fourth-order valence-electron chi connectivity index (χ4n) is 4.15. The molecule has 1 amide bonds. The summed E-state index contributed by atoms with van der Waals surface area (Å²) in [6.45, 7) is 3.04. The molecule has 0 aromatic carbocycles. The monoisotopic (exact) mass is 513 g/mol. The Labute approximate surface area is 217 Å². The smallest absolute Gasteiger partial charge is 0.326 e. The standard InChI is InChI=1S/C28H51NO7/c1-2-36-23-17-18-24(30)21-22-25(28(34)35)29-26(31)19-15-13-11-9-7-5-3-4-6-8-10-12-14-16-20-27(32)33/h25H,2-23H2,1H3,(H,29,31)(H,32,33)(H,34,35)/t25-/m1/s1. The maximum atomic E-state index is 12.1. The maximum Gasteiger partial charge on any atom is 0.326 e. The molecule has 1 atom stereocenters. The molecule has 8 heteroatoms. The number of rotatable bonds is 27. The predicted molar refractivity (Wildman–Crippen MR) is 141 cm³/mol. The first-order valence-electron chi connectivity index (χ1n) is 14.2. The van der Waals surface area contributed by atoms with Gasteiger partial charge in [-0.25, -0.2) is 4.79 Å². The molecule has 0 bridgehead atoms. The second-order valence-corrected chi connectivity index (χ2v) is 9.68. The average molecular weight is 514 g/mol. The van der Waals surface area contributed by atoms with Gasteiger partial charge in [-0.05, 0) is 32.6 Å². The third-order valence-corrected chi connectivity index (χ3v) is 6.34. The number of carboxylic acid groups (broad SMARTS) is 2. The van der Waals surface area contributed by atoms with Gasteiger partial charge in [0, 0.05) is 38.9 Å². The van der Waals surface area contributed by atoms with Crippen molar-refractivity contribution in [2.75, 3.05) is 13.2 Å². The summed E-state index contributed by atoms with van der Waals surface area (Å²) in [4.78, 5) is 45.9. The zero-order valence-corrected chi connectivity index (χ0v) is 22.6. The zero-order chi connectivity index (χ0) is 26.9. The quantitative estimate of drug-likeness (QED) is 0.114. The molecule has 210 valence electrons. The van der Waals surface area contributed by atoms with Crippen molar-refractivity contribution in [1.29, 1.82) is 0 Å². The Morgan fingerprint density at radius 2 is 1.11 bits per heavy atom. The topological polar surface area (TPSA) is 130 Å². The van der Waals surface area contributed by atoms with E-state index in [0.717, 1.165) is 44.9 Å². The SMILES string of the molecule is CCOCCCC(=O)CC[C@@H](NC(=O)CCCCCCCCCCCCCCCCC(=O)O)C(=O)O. The van der Waals surface area contributed by atoms with Crippen molar-refractivity contribution in [2.24, 2.45) is 0 Å². The largest absolute Gasteiger partial charge is 0.481 e. The minimum atomic E-state index is -1.10. The molecule has 0 rings (SSSR count). The van der Waals surface area contributed by atoms with E-state index in [2.05, 4.69) is 5.32 Å². The Morgan fingerprint density at radius 1 is 0.639 bits per heavy atom. The number of ketones is 1. The van der Waals surface area contributed by atoms with E-state index in [4.69, 9.17) is 9.84 Å². The fourth-order valence-corrected chi connectivity index (χ4v) is 4.15. The summed E-state index contributed by atoms with van der Waals surface area (Å²) in [6.07, 6.45) is 17.5. The minimum absolute atomic E-state index is 0.000154. The summed E-state index contributed by atoms with van der Waals surface area (Å²) < 4.78 is 5.19. The van der Waals surface area contributed by atoms with Crippen molar-refractivity contribution >= 4 is 23.6 Å². The third kappa shape index (κ3) is 23.8. The molecule has 8 nitrogen and oxygen atoms in total. The molecule has 0 aromatic heterocycles. The lowest BCUT2D eigenvalue weighted by Gasteiger charge is -2.14. The van der Waals surface area contributed by atoms with Crippen LogP contribution in [-0.2, 0) is 23.9 Å². The number of unbranched alkanes of at least 4 members (excludes halogenated alkanes) is 13. The molecule has 0 radical (unpaired) electrons. The molecule has 0 fully saturated rings. The van der Waals surface area contributed by atoms with Crippen LogP contribution in [0.25, 0.3) is 0 Å². The number of carboxylic acids is 2. The number of hydrogen-bond acceptors (Lipinski definition) is 5. The lowest BCUT2D eigenvalue weighted by molar-refractivity contribution is -0.142. The number of hydrogen-bond donors (Lipinski definition) is 3. The van der Waals surface area contributed by atoms with Gasteiger partial charge in [0.1, 0.15) is 11.8 Å². The Hall–Kier alpha value is -1.96. The van der Waals surface area contributed by atoms with Gasteiger partial charge in [-0.1, -0.05) is 77.0 Å². The Bertz CT molecular complexity index is 594. The van der Waals surface area contributed by atoms with Crippen molar-refractivity contribution in [2.45, 2.75) is 141 Å². The van der Waals surface area contributed by atoms with Gasteiger partial charge in [0.15, 0.2) is 0 Å². The van der Waals surface area contributed by atoms with Crippen molar-refractivity contribution in [1.82, 2.24) is 5.32 Å². The highest BCUT2D eigenvalue weighted by molar-refractivity contribution is 5.84. The van der Waals surface area contributed by atoms with Gasteiger partial charge in [0.05, 0.1) is 0 Å². The molecule has 3 N–H and O–H groups in total. The Morgan fingerprint density at radius 3 is 1.56 bits per heavy atom. The van der Waals surface area contributed by atoms with E-state index in [0.29, 0.717) is 32.5 Å². The van der Waals surface area contributed by atoms with Gasteiger partial charge in [-0.15, -0.1) is 0 Å². The molecule has 0 spiro atoms. The number of aliphatic carboxylic acids is 2. The van der Waals surface area contributed by atoms with Crippen LogP contribution in [0.1, 0.15) is 135 Å². The first-order valence-corrected chi connectivity index (χ1v) is 14.2. The van der Waals surface area contributed by atoms with Gasteiger partial charge in [0.2, 0.25) is 5.91 Å². The van der Waals surface area contributed by atoms with E-state index in [1.807, 2.05) is 6.92 Å². The van der Waals surface area contributed by atoms with Gasteiger partial charge < -0.3 is 20.3 Å². The molecule has 0 unspecified atom stereocenters. The number of ether oxygens (including phenoxy) is 1. The second kappa shape index (κ2) is 24.7. The van der Waals surface area contributed by atoms with Crippen LogP contribution in [0.4, 0.5) is 0 Å². The number of nitrogens with one attached hydrogen (secondary N) is 1. The van der Waals surface area contributed by atoms with Crippen LogP contribution in [0.15, 0.2) is 0 Å². The van der Waals surface area contributed by atoms with E-state index < -0.39 is 18.0 Å². The number of carbonyl (C=O) groups is 4. The molecular formula is C28H51NO7. The number of amides is 1. The molecule has 0 aromatic rings. The van der Waals surface area contributed by atoms with E-state index in [-0.39, 0.29) is 31.0 Å². The fraction of sp³-hybridized carbons (Fsp3) is 0.857. The van der Waals surface area contributed by atoms with Crippen molar-refractivity contribution in [3.63, 3.8) is 0 Å². The van der Waals surface area contributed by atoms with E-state index in [1.165, 1.54) is 44.9 Å². The Kier molecular flexibility index (Phi) is 23.4. The lowest BCUT2D eigenvalue weighted by Crippen LogP contribution is -2.41. The molecule has 36 heavy (non-hydrogen) atoms. The van der Waals surface area contributed by atoms with Crippen LogP contribution in [0.2, 0.25) is 0 Å². The summed E-state index contributed by atoms with van der Waals surface area (Å²) in [5.41, 5.74) is 0. The van der Waals surface area contributed by atoms with Crippen molar-refractivity contribution in [3.05, 3.63) is 0 Å². The average Bonchev–Trinajstić information content (AvgIpc) is 2.83. The first-order chi connectivity index (χ1) is 17.4. The molecular weight excluding hydrogens is 462 g/mol. The molecule has 0 saturated heterocycles. The van der Waals surface area contributed by atoms with Crippen molar-refractivity contribution < 1.29 is 34.1 Å². The van der Waals surface area contributed by atoms with E-state index in [1.54, 1.807) is 0 Å². The van der Waals surface area contributed by atoms with Gasteiger partial charge in [0.25, 0.3) is 0 Å². The lowest BCUT2D eigenvalue weighted by atomic mass is 10.0. The van der Waals surface area contributed by atoms with Gasteiger partial charge in [-0.3, -0.25) is 14.4 Å². The van der Waals surface area contributed by atoms with Crippen LogP contribution < -0.4 is 5.32 Å². The van der Waals surface area contributed by atoms with Gasteiger partial charge in [-0.2, -0.15) is 0 Å². The summed E-state index contributed by atoms with van der Waals surface area (Å²) in [5.74, 6) is -2.05. The predicted octanol–water partition coefficient (Wildman–Crippen LogP) is 6.05. The van der Waals surface area contributed by atoms with Gasteiger partial charge >= 0.3 is 11.9 Å². The molecule has 0 aliphatic carbocycles. The van der Waals surface area contributed by atoms with Crippen LogP contribution in [0.3, 0.4) is 0 Å². The summed E-state index contributed by atoms with van der Waals surface area (Å²) in [5, 5.41) is 20.5. The molecule has 0 aliphatic rings. The highest BCUT2D eigenvalue weighted by Crippen LogP contribution is 2.14. The molecule has 0 saturated carbocycles. The first kappa shape index (κ1) is 34.0. The number of Topliss-reactive ketones (excluding diaryl/α,β-unsaturated/α-hetero) is 1. The minimum Gasteiger partial charge on any atom is -0.481 e. The van der Waals surface area contributed by atoms with E-state index >= 15 is 0 Å². The molecule has 0 heterocycles. The summed E-state index contributed by atoms with van der Waals surface area (Å²) >= 11 is 0. The zero-order valence-electron chi connectivity index (χ0n) is 22.6. The normalized spacial score (nSPS) is 11.8. The van der Waals surface area contributed by atoms with Crippen LogP contribution in [0, 0.1) is 0 Å². The molecule has 0 aliphatic heterocycles. The highest BCUT2D eigenvalue weighted by atomic mass is 16.5. The summed E-state index contributed by atoms with van der Waals surface area (Å²) in [7, 11) is 0. The second-order valence-electron chi connectivity index (χ2n) is 9.68. The van der Waals surface area contributed by atoms with E-state index in [9.17, 15) is 24.3 Å². The van der Waals surface area contributed by atoms with Crippen molar-refractivity contribution in [3.8, 4) is 0 Å². The Balaban J connectivity index is 3.60. The summed E-state index contributed by atoms with van der Waals surface area (Å²) in [6, 6.07) is -1.01. The highest BCUT2D eigenvalue weighted by Gasteiger charge is 2.20. The third-order valence-electron chi connectivity index (χ3n) is 6.34. The van der Waals surface area contributed by atoms with Crippen LogP contribution in [-0.4, -0.2) is 53.1 Å². The van der Waals surface area contributed by atoms with Crippen LogP contribution in [0.5, 0.6) is 0 Å². The maximum absolute atomic E-state index is 12.1.